The number of aliphatic hydroxyl groups is 1. The lowest BCUT2D eigenvalue weighted by Crippen LogP contribution is -2.38. The third-order valence-electron chi connectivity index (χ3n) is 2.58. The number of hydrogen-bond donors (Lipinski definition) is 2. The molecule has 18 heavy (non-hydrogen) atoms. The monoisotopic (exact) mass is 251 g/mol. The van der Waals surface area contributed by atoms with Gasteiger partial charge in [-0.3, -0.25) is 4.79 Å². The minimum absolute atomic E-state index is 0.00936. The summed E-state index contributed by atoms with van der Waals surface area (Å²) >= 11 is 0. The molecule has 0 fully saturated rings. The molecule has 0 heterocycles. The Balaban J connectivity index is 2.31. The summed E-state index contributed by atoms with van der Waals surface area (Å²) in [5.74, 6) is 0.495. The molecule has 0 aromatic heterocycles. The Bertz CT molecular complexity index is 385. The van der Waals surface area contributed by atoms with Crippen LogP contribution in [0.5, 0.6) is 5.75 Å². The van der Waals surface area contributed by atoms with Crippen molar-refractivity contribution in [1.82, 2.24) is 5.32 Å². The summed E-state index contributed by atoms with van der Waals surface area (Å²) in [6.07, 6.45) is 0. The maximum atomic E-state index is 11.5. The number of hydrogen-bond acceptors (Lipinski definition) is 3. The van der Waals surface area contributed by atoms with Gasteiger partial charge in [-0.05, 0) is 19.1 Å². The van der Waals surface area contributed by atoms with Crippen molar-refractivity contribution in [3.05, 3.63) is 29.8 Å². The van der Waals surface area contributed by atoms with Crippen molar-refractivity contribution in [2.75, 3.05) is 19.8 Å². The molecule has 100 valence electrons. The minimum atomic E-state index is -0.306. The average molecular weight is 251 g/mol. The highest BCUT2D eigenvalue weighted by Gasteiger charge is 2.17. The summed E-state index contributed by atoms with van der Waals surface area (Å²) < 4.78 is 5.35. The lowest BCUT2D eigenvalue weighted by molar-refractivity contribution is -0.123. The van der Waals surface area contributed by atoms with Gasteiger partial charge in [0.15, 0.2) is 6.61 Å². The summed E-state index contributed by atoms with van der Waals surface area (Å²) in [4.78, 5) is 11.5. The first kappa shape index (κ1) is 14.5. The molecular weight excluding hydrogens is 230 g/mol. The molecule has 1 aromatic carbocycles. The molecule has 0 spiro atoms. The second kappa shape index (κ2) is 6.40. The van der Waals surface area contributed by atoms with Crippen molar-refractivity contribution in [1.29, 1.82) is 0 Å². The molecular formula is C14H21NO3. The van der Waals surface area contributed by atoms with Crippen molar-refractivity contribution in [2.24, 2.45) is 5.41 Å². The van der Waals surface area contributed by atoms with E-state index >= 15 is 0 Å². The fourth-order valence-electron chi connectivity index (χ4n) is 1.23. The first-order valence-electron chi connectivity index (χ1n) is 6.00. The van der Waals surface area contributed by atoms with Crippen LogP contribution in [0.25, 0.3) is 0 Å². The fourth-order valence-corrected chi connectivity index (χ4v) is 1.23. The van der Waals surface area contributed by atoms with Crippen LogP contribution in [0.2, 0.25) is 0 Å². The zero-order valence-electron chi connectivity index (χ0n) is 11.2. The van der Waals surface area contributed by atoms with Crippen LogP contribution in [0.3, 0.4) is 0 Å². The Morgan fingerprint density at radius 3 is 2.50 bits per heavy atom. The number of carbonyl (C=O) groups is 1. The number of carbonyl (C=O) groups excluding carboxylic acids is 1. The molecule has 0 unspecified atom stereocenters. The maximum absolute atomic E-state index is 11.5. The molecule has 1 aromatic rings. The van der Waals surface area contributed by atoms with E-state index in [2.05, 4.69) is 5.32 Å². The first-order chi connectivity index (χ1) is 8.43. The lowest BCUT2D eigenvalue weighted by atomic mass is 9.95. The predicted octanol–water partition coefficient (Wildman–Crippen LogP) is 1.51. The molecule has 2 N–H and O–H groups in total. The second-order valence-corrected chi connectivity index (χ2v) is 5.20. The predicted molar refractivity (Wildman–Crippen MR) is 70.6 cm³/mol. The number of nitrogens with one attached hydrogen (secondary N) is 1. The van der Waals surface area contributed by atoms with E-state index < -0.39 is 0 Å². The summed E-state index contributed by atoms with van der Waals surface area (Å²) in [5, 5.41) is 11.8. The van der Waals surface area contributed by atoms with Gasteiger partial charge in [0.25, 0.3) is 5.91 Å². The summed E-state index contributed by atoms with van der Waals surface area (Å²) in [6, 6.07) is 7.53. The van der Waals surface area contributed by atoms with Gasteiger partial charge in [-0.15, -0.1) is 0 Å². The number of amides is 1. The van der Waals surface area contributed by atoms with Crippen LogP contribution in [-0.2, 0) is 4.79 Å². The van der Waals surface area contributed by atoms with E-state index in [0.717, 1.165) is 5.56 Å². The number of rotatable bonds is 6. The van der Waals surface area contributed by atoms with E-state index in [9.17, 15) is 4.79 Å². The van der Waals surface area contributed by atoms with Crippen molar-refractivity contribution in [2.45, 2.75) is 20.8 Å². The van der Waals surface area contributed by atoms with Crippen molar-refractivity contribution in [3.8, 4) is 5.75 Å². The van der Waals surface area contributed by atoms with Gasteiger partial charge in [-0.1, -0.05) is 31.5 Å². The quantitative estimate of drug-likeness (QED) is 0.805. The summed E-state index contributed by atoms with van der Waals surface area (Å²) in [7, 11) is 0. The molecule has 0 aliphatic heterocycles. The SMILES string of the molecule is Cc1ccc(OCC(=O)NCC(C)(C)CO)cc1. The second-order valence-electron chi connectivity index (χ2n) is 5.20. The Kier molecular flexibility index (Phi) is 5.16. The lowest BCUT2D eigenvalue weighted by Gasteiger charge is -2.21. The van der Waals surface area contributed by atoms with Gasteiger partial charge in [0.1, 0.15) is 5.75 Å². The highest BCUT2D eigenvalue weighted by molar-refractivity contribution is 5.77. The standard InChI is InChI=1S/C14H21NO3/c1-11-4-6-12(7-5-11)18-8-13(17)15-9-14(2,3)10-16/h4-7,16H,8-10H2,1-3H3,(H,15,17). The molecule has 0 saturated heterocycles. The molecule has 0 saturated carbocycles. The van der Waals surface area contributed by atoms with Crippen LogP contribution in [0.15, 0.2) is 24.3 Å². The molecule has 4 heteroatoms. The summed E-state index contributed by atoms with van der Waals surface area (Å²) in [5.41, 5.74) is 0.844. The van der Waals surface area contributed by atoms with E-state index in [0.29, 0.717) is 12.3 Å². The van der Waals surface area contributed by atoms with Crippen LogP contribution < -0.4 is 10.1 Å². The smallest absolute Gasteiger partial charge is 0.257 e. The molecule has 4 nitrogen and oxygen atoms in total. The molecule has 0 aliphatic rings. The summed E-state index contributed by atoms with van der Waals surface area (Å²) in [6.45, 7) is 6.21. The van der Waals surface area contributed by atoms with Gasteiger partial charge in [0, 0.05) is 18.6 Å². The van der Waals surface area contributed by atoms with Crippen molar-refractivity contribution < 1.29 is 14.6 Å². The Labute approximate surface area is 108 Å². The van der Waals surface area contributed by atoms with Crippen LogP contribution in [0.1, 0.15) is 19.4 Å². The molecule has 1 amide bonds. The maximum Gasteiger partial charge on any atom is 0.257 e. The van der Waals surface area contributed by atoms with E-state index in [-0.39, 0.29) is 24.5 Å². The minimum Gasteiger partial charge on any atom is -0.484 e. The zero-order chi connectivity index (χ0) is 13.6. The number of aliphatic hydroxyl groups excluding tert-OH is 1. The van der Waals surface area contributed by atoms with E-state index in [1.807, 2.05) is 45.0 Å². The molecule has 1 rings (SSSR count). The van der Waals surface area contributed by atoms with Crippen LogP contribution in [0, 0.1) is 12.3 Å². The molecule has 0 atom stereocenters. The van der Waals surface area contributed by atoms with Crippen molar-refractivity contribution >= 4 is 5.91 Å². The van der Waals surface area contributed by atoms with Gasteiger partial charge in [-0.2, -0.15) is 0 Å². The third kappa shape index (κ3) is 5.19. The largest absolute Gasteiger partial charge is 0.484 e. The Hall–Kier alpha value is -1.55. The topological polar surface area (TPSA) is 58.6 Å². The molecule has 0 aliphatic carbocycles. The zero-order valence-corrected chi connectivity index (χ0v) is 11.2. The normalized spacial score (nSPS) is 11.1. The highest BCUT2D eigenvalue weighted by atomic mass is 16.5. The van der Waals surface area contributed by atoms with Crippen LogP contribution >= 0.6 is 0 Å². The first-order valence-corrected chi connectivity index (χ1v) is 6.00. The molecule has 0 bridgehead atoms. The van der Waals surface area contributed by atoms with Gasteiger partial charge in [0.05, 0.1) is 0 Å². The van der Waals surface area contributed by atoms with E-state index in [1.54, 1.807) is 0 Å². The van der Waals surface area contributed by atoms with Gasteiger partial charge < -0.3 is 15.2 Å². The van der Waals surface area contributed by atoms with Gasteiger partial charge in [0.2, 0.25) is 0 Å². The molecule has 0 radical (unpaired) electrons. The van der Waals surface area contributed by atoms with Gasteiger partial charge >= 0.3 is 0 Å². The number of aryl methyl sites for hydroxylation is 1. The van der Waals surface area contributed by atoms with E-state index in [1.165, 1.54) is 0 Å². The Morgan fingerprint density at radius 1 is 1.33 bits per heavy atom. The fraction of sp³-hybridized carbons (Fsp3) is 0.500. The number of ether oxygens (including phenoxy) is 1. The average Bonchev–Trinajstić information content (AvgIpc) is 2.36. The van der Waals surface area contributed by atoms with E-state index in [4.69, 9.17) is 9.84 Å². The van der Waals surface area contributed by atoms with Gasteiger partial charge in [-0.25, -0.2) is 0 Å². The van der Waals surface area contributed by atoms with Crippen LogP contribution in [-0.4, -0.2) is 30.8 Å². The van der Waals surface area contributed by atoms with Crippen LogP contribution in [0.4, 0.5) is 0 Å². The Morgan fingerprint density at radius 2 is 1.94 bits per heavy atom. The highest BCUT2D eigenvalue weighted by Crippen LogP contribution is 2.12. The third-order valence-corrected chi connectivity index (χ3v) is 2.58. The van der Waals surface area contributed by atoms with Crippen molar-refractivity contribution in [3.63, 3.8) is 0 Å². The number of benzene rings is 1.